The Labute approximate surface area is 96.8 Å². The monoisotopic (exact) mass is 231 g/mol. The fourth-order valence-corrected chi connectivity index (χ4v) is 1.62. The molecule has 0 bridgehead atoms. The van der Waals surface area contributed by atoms with Crippen molar-refractivity contribution in [2.24, 2.45) is 0 Å². The number of benzene rings is 1. The molecule has 0 unspecified atom stereocenters. The van der Waals surface area contributed by atoms with Gasteiger partial charge in [0, 0.05) is 18.1 Å². The minimum atomic E-state index is -1.02. The van der Waals surface area contributed by atoms with E-state index in [1.54, 1.807) is 12.1 Å². The molecule has 1 aromatic carbocycles. The number of rotatable bonds is 3. The standard InChI is InChI=1S/C12H9NO4/c14-10-6-9(11(15)13-10)5-7-2-1-3-8(4-7)12(16)17/h1-4,6H,5H2,(H,16,17)(H,13,14,15). The third-order valence-electron chi connectivity index (χ3n) is 2.40. The predicted octanol–water partition coefficient (Wildman–Crippen LogP) is 0.510. The van der Waals surface area contributed by atoms with Crippen LogP contribution in [0.15, 0.2) is 35.9 Å². The highest BCUT2D eigenvalue weighted by Crippen LogP contribution is 2.13. The van der Waals surface area contributed by atoms with E-state index in [0.717, 1.165) is 0 Å². The molecule has 2 N–H and O–H groups in total. The summed E-state index contributed by atoms with van der Waals surface area (Å²) >= 11 is 0. The third-order valence-corrected chi connectivity index (χ3v) is 2.40. The van der Waals surface area contributed by atoms with Gasteiger partial charge in [-0.15, -0.1) is 0 Å². The average Bonchev–Trinajstić information content (AvgIpc) is 2.58. The Hall–Kier alpha value is -2.43. The fourth-order valence-electron chi connectivity index (χ4n) is 1.62. The van der Waals surface area contributed by atoms with Crippen molar-refractivity contribution in [1.29, 1.82) is 0 Å². The largest absolute Gasteiger partial charge is 0.478 e. The van der Waals surface area contributed by atoms with Crippen LogP contribution in [0.25, 0.3) is 0 Å². The molecular formula is C12H9NO4. The molecule has 0 saturated carbocycles. The number of aromatic carboxylic acids is 1. The zero-order chi connectivity index (χ0) is 12.4. The van der Waals surface area contributed by atoms with Crippen LogP contribution < -0.4 is 5.32 Å². The molecule has 0 spiro atoms. The summed E-state index contributed by atoms with van der Waals surface area (Å²) in [5, 5.41) is 11.0. The summed E-state index contributed by atoms with van der Waals surface area (Å²) in [6.45, 7) is 0. The van der Waals surface area contributed by atoms with E-state index in [9.17, 15) is 14.4 Å². The molecule has 0 aromatic heterocycles. The first-order chi connectivity index (χ1) is 8.06. The van der Waals surface area contributed by atoms with Crippen LogP contribution in [0.3, 0.4) is 0 Å². The van der Waals surface area contributed by atoms with Crippen molar-refractivity contribution in [3.63, 3.8) is 0 Å². The maximum atomic E-state index is 11.3. The van der Waals surface area contributed by atoms with Crippen LogP contribution in [-0.2, 0) is 16.0 Å². The number of amides is 2. The summed E-state index contributed by atoms with van der Waals surface area (Å²) in [4.78, 5) is 33.0. The van der Waals surface area contributed by atoms with Gasteiger partial charge in [-0.3, -0.25) is 14.9 Å². The van der Waals surface area contributed by atoms with Crippen molar-refractivity contribution in [2.45, 2.75) is 6.42 Å². The molecule has 0 radical (unpaired) electrons. The van der Waals surface area contributed by atoms with Crippen LogP contribution in [-0.4, -0.2) is 22.9 Å². The maximum absolute atomic E-state index is 11.3. The lowest BCUT2D eigenvalue weighted by Crippen LogP contribution is -2.22. The molecule has 0 fully saturated rings. The SMILES string of the molecule is O=C1C=C(Cc2cccc(C(=O)O)c2)C(=O)N1. The maximum Gasteiger partial charge on any atom is 0.335 e. The summed E-state index contributed by atoms with van der Waals surface area (Å²) in [6.07, 6.45) is 1.48. The van der Waals surface area contributed by atoms with E-state index in [2.05, 4.69) is 5.32 Å². The Morgan fingerprint density at radius 3 is 2.65 bits per heavy atom. The van der Waals surface area contributed by atoms with E-state index in [4.69, 9.17) is 5.11 Å². The summed E-state index contributed by atoms with van der Waals surface area (Å²) in [7, 11) is 0. The topological polar surface area (TPSA) is 83.5 Å². The van der Waals surface area contributed by atoms with Crippen molar-refractivity contribution < 1.29 is 19.5 Å². The number of carbonyl (C=O) groups is 3. The molecule has 0 saturated heterocycles. The van der Waals surface area contributed by atoms with Crippen molar-refractivity contribution in [2.75, 3.05) is 0 Å². The second-order valence-electron chi connectivity index (χ2n) is 3.67. The third kappa shape index (κ3) is 2.39. The van der Waals surface area contributed by atoms with E-state index >= 15 is 0 Å². The molecule has 17 heavy (non-hydrogen) atoms. The first-order valence-electron chi connectivity index (χ1n) is 4.94. The number of nitrogens with one attached hydrogen (secondary N) is 1. The molecule has 5 nitrogen and oxygen atoms in total. The molecule has 1 aliphatic heterocycles. The van der Waals surface area contributed by atoms with Gasteiger partial charge in [0.15, 0.2) is 0 Å². The van der Waals surface area contributed by atoms with Crippen molar-refractivity contribution in [3.8, 4) is 0 Å². The second kappa shape index (κ2) is 4.21. The Kier molecular flexibility index (Phi) is 2.74. The number of hydrogen-bond donors (Lipinski definition) is 2. The highest BCUT2D eigenvalue weighted by atomic mass is 16.4. The van der Waals surface area contributed by atoms with E-state index < -0.39 is 17.8 Å². The number of carbonyl (C=O) groups excluding carboxylic acids is 2. The summed E-state index contributed by atoms with van der Waals surface area (Å²) in [6, 6.07) is 6.27. The summed E-state index contributed by atoms with van der Waals surface area (Å²) in [5.74, 6) is -1.87. The van der Waals surface area contributed by atoms with E-state index in [0.29, 0.717) is 11.1 Å². The molecule has 0 aliphatic carbocycles. The first kappa shape index (κ1) is 11.1. The van der Waals surface area contributed by atoms with Crippen molar-refractivity contribution in [3.05, 3.63) is 47.0 Å². The Morgan fingerprint density at radius 2 is 2.06 bits per heavy atom. The lowest BCUT2D eigenvalue weighted by atomic mass is 10.0. The van der Waals surface area contributed by atoms with Gasteiger partial charge in [-0.2, -0.15) is 0 Å². The summed E-state index contributed by atoms with van der Waals surface area (Å²) < 4.78 is 0. The molecule has 0 atom stereocenters. The zero-order valence-corrected chi connectivity index (χ0v) is 8.77. The average molecular weight is 231 g/mol. The molecule has 1 aliphatic rings. The number of hydrogen-bond acceptors (Lipinski definition) is 3. The molecule has 86 valence electrons. The highest BCUT2D eigenvalue weighted by Gasteiger charge is 2.20. The van der Waals surface area contributed by atoms with Gasteiger partial charge >= 0.3 is 5.97 Å². The van der Waals surface area contributed by atoms with Crippen molar-refractivity contribution >= 4 is 17.8 Å². The van der Waals surface area contributed by atoms with Gasteiger partial charge in [-0.1, -0.05) is 12.1 Å². The van der Waals surface area contributed by atoms with Crippen molar-refractivity contribution in [1.82, 2.24) is 5.32 Å². The van der Waals surface area contributed by atoms with E-state index in [1.807, 2.05) is 0 Å². The summed E-state index contributed by atoms with van der Waals surface area (Å²) in [5.41, 5.74) is 1.19. The lowest BCUT2D eigenvalue weighted by molar-refractivity contribution is -0.123. The molecule has 5 heteroatoms. The first-order valence-corrected chi connectivity index (χ1v) is 4.94. The van der Waals surface area contributed by atoms with Crippen LogP contribution in [0, 0.1) is 0 Å². The lowest BCUT2D eigenvalue weighted by Gasteiger charge is -2.02. The minimum Gasteiger partial charge on any atom is -0.478 e. The van der Waals surface area contributed by atoms with Gasteiger partial charge in [0.1, 0.15) is 0 Å². The van der Waals surface area contributed by atoms with Gasteiger partial charge in [0.25, 0.3) is 11.8 Å². The molecule has 1 aromatic rings. The predicted molar refractivity (Wildman–Crippen MR) is 58.3 cm³/mol. The van der Waals surface area contributed by atoms with E-state index in [-0.39, 0.29) is 12.0 Å². The van der Waals surface area contributed by atoms with Gasteiger partial charge in [0.05, 0.1) is 5.56 Å². The van der Waals surface area contributed by atoms with Crippen LogP contribution in [0.4, 0.5) is 0 Å². The van der Waals surface area contributed by atoms with Crippen LogP contribution in [0.5, 0.6) is 0 Å². The van der Waals surface area contributed by atoms with E-state index in [1.165, 1.54) is 18.2 Å². The fraction of sp³-hybridized carbons (Fsp3) is 0.0833. The highest BCUT2D eigenvalue weighted by molar-refractivity contribution is 6.16. The number of imide groups is 1. The van der Waals surface area contributed by atoms with Crippen LogP contribution >= 0.6 is 0 Å². The van der Waals surface area contributed by atoms with Gasteiger partial charge in [0.2, 0.25) is 0 Å². The Bertz CT molecular complexity index is 545. The van der Waals surface area contributed by atoms with Gasteiger partial charge in [-0.05, 0) is 17.7 Å². The van der Waals surface area contributed by atoms with Gasteiger partial charge in [-0.25, -0.2) is 4.79 Å². The number of carboxylic acids is 1. The normalized spacial score (nSPS) is 14.5. The Balaban J connectivity index is 2.22. The quantitative estimate of drug-likeness (QED) is 0.742. The molecule has 1 heterocycles. The van der Waals surface area contributed by atoms with Crippen LogP contribution in [0.2, 0.25) is 0 Å². The number of carboxylic acid groups (broad SMARTS) is 1. The van der Waals surface area contributed by atoms with Crippen LogP contribution in [0.1, 0.15) is 15.9 Å². The molecule has 2 rings (SSSR count). The molecular weight excluding hydrogens is 222 g/mol. The smallest absolute Gasteiger partial charge is 0.335 e. The Morgan fingerprint density at radius 1 is 1.29 bits per heavy atom. The zero-order valence-electron chi connectivity index (χ0n) is 8.77. The second-order valence-corrected chi connectivity index (χ2v) is 3.67. The minimum absolute atomic E-state index is 0.160. The molecule has 2 amide bonds. The van der Waals surface area contributed by atoms with Gasteiger partial charge < -0.3 is 5.11 Å².